The minimum atomic E-state index is -0.152. The first-order chi connectivity index (χ1) is 17.1. The van der Waals surface area contributed by atoms with Crippen molar-refractivity contribution >= 4 is 5.97 Å². The number of esters is 1. The van der Waals surface area contributed by atoms with E-state index in [1.165, 1.54) is 24.8 Å². The fourth-order valence-electron chi connectivity index (χ4n) is 7.96. The summed E-state index contributed by atoms with van der Waals surface area (Å²) in [6.45, 7) is 11.5. The lowest BCUT2D eigenvalue weighted by molar-refractivity contribution is -0.145. The van der Waals surface area contributed by atoms with Gasteiger partial charge in [0.1, 0.15) is 11.9 Å². The van der Waals surface area contributed by atoms with Gasteiger partial charge in [0.2, 0.25) is 0 Å². The zero-order valence-corrected chi connectivity index (χ0v) is 23.0. The second kappa shape index (κ2) is 9.79. The van der Waals surface area contributed by atoms with E-state index in [-0.39, 0.29) is 34.4 Å². The molecule has 198 valence electrons. The molecule has 4 aliphatic rings. The summed E-state index contributed by atoms with van der Waals surface area (Å²) in [5, 5.41) is 3.69. The smallest absolute Gasteiger partial charge is 0.310 e. The molecule has 2 saturated heterocycles. The van der Waals surface area contributed by atoms with Crippen molar-refractivity contribution in [1.29, 1.82) is 0 Å². The van der Waals surface area contributed by atoms with Crippen molar-refractivity contribution in [2.24, 2.45) is 17.3 Å². The first-order valence-electron chi connectivity index (χ1n) is 14.0. The molecule has 0 bridgehead atoms. The van der Waals surface area contributed by atoms with Crippen LogP contribution in [0.3, 0.4) is 0 Å². The molecule has 5 rings (SSSR count). The van der Waals surface area contributed by atoms with E-state index in [0.717, 1.165) is 51.0 Å². The van der Waals surface area contributed by atoms with Crippen LogP contribution in [0.2, 0.25) is 0 Å². The number of carbonyl (C=O) groups is 1. The summed E-state index contributed by atoms with van der Waals surface area (Å²) in [6.07, 6.45) is 8.84. The zero-order valence-electron chi connectivity index (χ0n) is 23.0. The molecule has 1 saturated carbocycles. The topological polar surface area (TPSA) is 56.8 Å². The van der Waals surface area contributed by atoms with Crippen molar-refractivity contribution in [3.63, 3.8) is 0 Å². The van der Waals surface area contributed by atoms with Crippen molar-refractivity contribution < 1.29 is 19.0 Å². The van der Waals surface area contributed by atoms with Crippen LogP contribution in [0.4, 0.5) is 0 Å². The molecule has 0 radical (unpaired) electrons. The fraction of sp³-hybridized carbons (Fsp3) is 0.710. The van der Waals surface area contributed by atoms with E-state index in [9.17, 15) is 4.79 Å². The monoisotopic (exact) mass is 495 g/mol. The predicted molar refractivity (Wildman–Crippen MR) is 142 cm³/mol. The largest absolute Gasteiger partial charge is 0.497 e. The zero-order chi connectivity index (χ0) is 25.6. The van der Waals surface area contributed by atoms with Crippen LogP contribution in [0.15, 0.2) is 35.4 Å². The van der Waals surface area contributed by atoms with E-state index in [0.29, 0.717) is 12.5 Å². The van der Waals surface area contributed by atoms with Gasteiger partial charge in [0.15, 0.2) is 0 Å². The van der Waals surface area contributed by atoms with Crippen LogP contribution >= 0.6 is 0 Å². The maximum Gasteiger partial charge on any atom is 0.310 e. The highest BCUT2D eigenvalue weighted by atomic mass is 16.6. The van der Waals surface area contributed by atoms with Crippen LogP contribution in [0.25, 0.3) is 0 Å². The number of methoxy groups -OCH3 is 1. The minimum absolute atomic E-state index is 0.00932. The Morgan fingerprint density at radius 1 is 1.14 bits per heavy atom. The summed E-state index contributed by atoms with van der Waals surface area (Å²) < 4.78 is 17.5. The van der Waals surface area contributed by atoms with E-state index in [4.69, 9.17) is 14.2 Å². The van der Waals surface area contributed by atoms with E-state index in [1.54, 1.807) is 18.3 Å². The number of hydrogen-bond donors (Lipinski definition) is 1. The molecule has 5 heteroatoms. The molecule has 0 amide bonds. The number of benzene rings is 1. The molecule has 5 nitrogen and oxygen atoms in total. The number of fused-ring (bicyclic) bond motifs is 2. The van der Waals surface area contributed by atoms with Crippen LogP contribution in [0.5, 0.6) is 5.75 Å². The molecule has 0 spiro atoms. The third-order valence-corrected chi connectivity index (χ3v) is 9.86. The van der Waals surface area contributed by atoms with Gasteiger partial charge >= 0.3 is 5.97 Å². The average Bonchev–Trinajstić information content (AvgIpc) is 3.13. The lowest BCUT2D eigenvalue weighted by atomic mass is 9.59. The minimum Gasteiger partial charge on any atom is -0.497 e. The van der Waals surface area contributed by atoms with Crippen LogP contribution in [0.1, 0.15) is 84.6 Å². The second-order valence-corrected chi connectivity index (χ2v) is 12.8. The van der Waals surface area contributed by atoms with Gasteiger partial charge in [-0.2, -0.15) is 0 Å². The van der Waals surface area contributed by atoms with E-state index >= 15 is 0 Å². The van der Waals surface area contributed by atoms with Gasteiger partial charge in [0.25, 0.3) is 0 Å². The van der Waals surface area contributed by atoms with Gasteiger partial charge in [0.05, 0.1) is 18.6 Å². The molecule has 1 aromatic rings. The van der Waals surface area contributed by atoms with Crippen LogP contribution in [0, 0.1) is 17.3 Å². The van der Waals surface area contributed by atoms with Crippen molar-refractivity contribution in [3.8, 4) is 5.75 Å². The van der Waals surface area contributed by atoms with Crippen molar-refractivity contribution in [2.45, 2.75) is 96.2 Å². The molecule has 2 heterocycles. The van der Waals surface area contributed by atoms with Crippen molar-refractivity contribution in [1.82, 2.24) is 5.32 Å². The Hall–Kier alpha value is -1.85. The molecule has 1 N–H and O–H groups in total. The standard InChI is InChI=1S/C31H45NO4/c1-21-7-6-12-30(4)18-27-24(17-26(21)30)25(28(33)36-27)19-32-15-13-31(14-16-35-29(2,3)20-31)22-8-10-23(34-5)11-9-22/h8-11,24-25,27,32H,6-7,12-20H2,1-5H3. The summed E-state index contributed by atoms with van der Waals surface area (Å²) >= 11 is 0. The molecule has 36 heavy (non-hydrogen) atoms. The number of nitrogens with one attached hydrogen (secondary N) is 1. The maximum absolute atomic E-state index is 13.0. The van der Waals surface area contributed by atoms with Gasteiger partial charge in [0, 0.05) is 24.5 Å². The Labute approximate surface area is 217 Å². The molecular weight excluding hydrogens is 450 g/mol. The Balaban J connectivity index is 1.25. The van der Waals surface area contributed by atoms with Gasteiger partial charge in [-0.1, -0.05) is 30.2 Å². The highest BCUT2D eigenvalue weighted by Crippen LogP contribution is 2.55. The molecular formula is C31H45NO4. The van der Waals surface area contributed by atoms with Crippen LogP contribution in [-0.2, 0) is 19.7 Å². The highest BCUT2D eigenvalue weighted by Gasteiger charge is 2.52. The van der Waals surface area contributed by atoms with E-state index in [1.807, 2.05) is 0 Å². The van der Waals surface area contributed by atoms with E-state index in [2.05, 4.69) is 57.3 Å². The SMILES string of the molecule is COc1ccc(C2(CCNCC3C(=O)OC4CC5(C)CCCC(C)=C5CC43)CCOC(C)(C)C2)cc1. The first-order valence-corrected chi connectivity index (χ1v) is 14.0. The second-order valence-electron chi connectivity index (χ2n) is 12.8. The van der Waals surface area contributed by atoms with Crippen molar-refractivity contribution in [2.75, 3.05) is 26.8 Å². The Morgan fingerprint density at radius 2 is 1.92 bits per heavy atom. The molecule has 1 aromatic carbocycles. The molecule has 0 aromatic heterocycles. The Kier molecular flexibility index (Phi) is 7.01. The quantitative estimate of drug-likeness (QED) is 0.287. The van der Waals surface area contributed by atoms with Gasteiger partial charge in [-0.15, -0.1) is 0 Å². The fourth-order valence-corrected chi connectivity index (χ4v) is 7.96. The Bertz CT molecular complexity index is 998. The highest BCUT2D eigenvalue weighted by molar-refractivity contribution is 5.76. The Morgan fingerprint density at radius 3 is 2.64 bits per heavy atom. The molecule has 5 atom stereocenters. The molecule has 2 aliphatic heterocycles. The number of ether oxygens (including phenoxy) is 3. The van der Waals surface area contributed by atoms with Gasteiger partial charge in [-0.05, 0) is 102 Å². The van der Waals surface area contributed by atoms with Crippen molar-refractivity contribution in [3.05, 3.63) is 41.0 Å². The maximum atomic E-state index is 13.0. The van der Waals surface area contributed by atoms with Gasteiger partial charge in [-0.25, -0.2) is 0 Å². The van der Waals surface area contributed by atoms with Gasteiger partial charge < -0.3 is 19.5 Å². The summed E-state index contributed by atoms with van der Waals surface area (Å²) in [5.41, 5.74) is 4.68. The molecule has 3 fully saturated rings. The number of allylic oxidation sites excluding steroid dienone is 2. The summed E-state index contributed by atoms with van der Waals surface area (Å²) in [7, 11) is 1.71. The third kappa shape index (κ3) is 4.86. The normalized spacial score (nSPS) is 35.7. The van der Waals surface area contributed by atoms with Crippen LogP contribution < -0.4 is 10.1 Å². The van der Waals surface area contributed by atoms with E-state index < -0.39 is 0 Å². The number of carbonyl (C=O) groups excluding carboxylic acids is 1. The third-order valence-electron chi connectivity index (χ3n) is 9.86. The average molecular weight is 496 g/mol. The summed E-state index contributed by atoms with van der Waals surface area (Å²) in [5.74, 6) is 1.18. The number of rotatable bonds is 7. The summed E-state index contributed by atoms with van der Waals surface area (Å²) in [4.78, 5) is 13.0. The number of hydrogen-bond acceptors (Lipinski definition) is 5. The van der Waals surface area contributed by atoms with Crippen LogP contribution in [-0.4, -0.2) is 44.5 Å². The molecule has 5 unspecified atom stereocenters. The molecule has 2 aliphatic carbocycles. The first kappa shape index (κ1) is 25.8. The van der Waals surface area contributed by atoms with Gasteiger partial charge in [-0.3, -0.25) is 4.79 Å². The summed E-state index contributed by atoms with van der Waals surface area (Å²) in [6, 6.07) is 8.58. The lowest BCUT2D eigenvalue weighted by Gasteiger charge is -2.46. The lowest BCUT2D eigenvalue weighted by Crippen LogP contribution is -2.46. The predicted octanol–water partition coefficient (Wildman–Crippen LogP) is 5.96.